The van der Waals surface area contributed by atoms with Crippen LogP contribution in [-0.4, -0.2) is 17.7 Å². The van der Waals surface area contributed by atoms with Crippen molar-refractivity contribution in [2.45, 2.75) is 33.8 Å². The van der Waals surface area contributed by atoms with E-state index in [1.165, 1.54) is 12.1 Å². The van der Waals surface area contributed by atoms with Crippen LogP contribution in [0, 0.1) is 13.8 Å². The third-order valence-corrected chi connectivity index (χ3v) is 4.47. The number of aromatic hydroxyl groups is 1. The molecule has 3 rings (SSSR count). The summed E-state index contributed by atoms with van der Waals surface area (Å²) in [5.41, 5.74) is 2.95. The highest BCUT2D eigenvalue weighted by Crippen LogP contribution is 2.27. The van der Waals surface area contributed by atoms with Crippen molar-refractivity contribution in [3.8, 4) is 11.5 Å². The fourth-order valence-electron chi connectivity index (χ4n) is 3.01. The zero-order valence-electron chi connectivity index (χ0n) is 16.1. The number of ether oxygens (including phenoxy) is 2. The van der Waals surface area contributed by atoms with Crippen LogP contribution in [-0.2, 0) is 22.6 Å². The Morgan fingerprint density at radius 1 is 1.11 bits per heavy atom. The highest BCUT2D eigenvalue weighted by Gasteiger charge is 2.13. The van der Waals surface area contributed by atoms with Gasteiger partial charge in [0, 0.05) is 23.1 Å². The van der Waals surface area contributed by atoms with Crippen LogP contribution in [0.3, 0.4) is 0 Å². The maximum Gasteiger partial charge on any atom is 0.344 e. The number of hydrogen-bond donors (Lipinski definition) is 1. The summed E-state index contributed by atoms with van der Waals surface area (Å²) < 4.78 is 15.9. The summed E-state index contributed by atoms with van der Waals surface area (Å²) in [7, 11) is 0. The number of rotatable bonds is 6. The third kappa shape index (κ3) is 4.34. The number of phenolic OH excluding ortho intramolecular Hbond substituents is 1. The van der Waals surface area contributed by atoms with E-state index in [1.54, 1.807) is 6.07 Å². The largest absolute Gasteiger partial charge is 0.508 e. The van der Waals surface area contributed by atoms with Crippen molar-refractivity contribution >= 4 is 16.9 Å². The van der Waals surface area contributed by atoms with E-state index in [1.807, 2.05) is 39.0 Å². The van der Waals surface area contributed by atoms with Gasteiger partial charge in [-0.3, -0.25) is 0 Å². The predicted molar refractivity (Wildman–Crippen MR) is 105 cm³/mol. The lowest BCUT2D eigenvalue weighted by Crippen LogP contribution is -2.16. The maximum atomic E-state index is 12.1. The van der Waals surface area contributed by atoms with Crippen LogP contribution in [0.4, 0.5) is 0 Å². The number of hydrogen-bond acceptors (Lipinski definition) is 6. The van der Waals surface area contributed by atoms with Gasteiger partial charge in [-0.15, -0.1) is 0 Å². The Balaban J connectivity index is 1.72. The average molecular weight is 382 g/mol. The second-order valence-electron chi connectivity index (χ2n) is 6.64. The smallest absolute Gasteiger partial charge is 0.344 e. The molecule has 0 saturated carbocycles. The average Bonchev–Trinajstić information content (AvgIpc) is 2.64. The van der Waals surface area contributed by atoms with Crippen LogP contribution in [0.5, 0.6) is 11.5 Å². The zero-order chi connectivity index (χ0) is 20.3. The molecule has 0 aliphatic carbocycles. The van der Waals surface area contributed by atoms with Crippen LogP contribution in [0.25, 0.3) is 11.0 Å². The van der Waals surface area contributed by atoms with Crippen LogP contribution >= 0.6 is 0 Å². The van der Waals surface area contributed by atoms with Gasteiger partial charge in [-0.2, -0.15) is 0 Å². The Bertz CT molecular complexity index is 1080. The van der Waals surface area contributed by atoms with E-state index < -0.39 is 11.6 Å². The molecule has 0 aliphatic rings. The predicted octanol–water partition coefficient (Wildman–Crippen LogP) is 3.80. The molecule has 1 heterocycles. The van der Waals surface area contributed by atoms with Crippen LogP contribution in [0.15, 0.2) is 45.6 Å². The first-order valence-corrected chi connectivity index (χ1v) is 9.01. The van der Waals surface area contributed by atoms with Gasteiger partial charge in [0.15, 0.2) is 6.61 Å². The second kappa shape index (κ2) is 8.17. The minimum absolute atomic E-state index is 0.0640. The third-order valence-electron chi connectivity index (χ3n) is 4.47. The second-order valence-corrected chi connectivity index (χ2v) is 6.64. The Labute approximate surface area is 162 Å². The van der Waals surface area contributed by atoms with Gasteiger partial charge in [0.2, 0.25) is 0 Å². The van der Waals surface area contributed by atoms with Gasteiger partial charge >= 0.3 is 11.6 Å². The first-order chi connectivity index (χ1) is 13.4. The van der Waals surface area contributed by atoms with Crippen molar-refractivity contribution in [3.63, 3.8) is 0 Å². The van der Waals surface area contributed by atoms with Crippen molar-refractivity contribution in [1.82, 2.24) is 0 Å². The number of esters is 1. The summed E-state index contributed by atoms with van der Waals surface area (Å²) in [6.45, 7) is 5.47. The summed E-state index contributed by atoms with van der Waals surface area (Å²) in [4.78, 5) is 23.9. The molecular weight excluding hydrogens is 360 g/mol. The Kier molecular flexibility index (Phi) is 5.68. The monoisotopic (exact) mass is 382 g/mol. The summed E-state index contributed by atoms with van der Waals surface area (Å²) in [6, 6.07) is 10.1. The highest BCUT2D eigenvalue weighted by molar-refractivity contribution is 5.83. The minimum atomic E-state index is -0.575. The van der Waals surface area contributed by atoms with E-state index in [-0.39, 0.29) is 24.5 Å². The van der Waals surface area contributed by atoms with Gasteiger partial charge < -0.3 is 19.0 Å². The van der Waals surface area contributed by atoms with Crippen molar-refractivity contribution in [2.24, 2.45) is 0 Å². The van der Waals surface area contributed by atoms with Gasteiger partial charge in [-0.05, 0) is 43.5 Å². The maximum absolute atomic E-state index is 12.1. The van der Waals surface area contributed by atoms with E-state index in [4.69, 9.17) is 13.9 Å². The van der Waals surface area contributed by atoms with Crippen LogP contribution in [0.2, 0.25) is 0 Å². The standard InChI is InChI=1S/C22H22O6/c1-4-15-8-17-16(9-21(24)28-20(17)10-18(15)23)11-27-22(25)12-26-19-6-5-13(2)7-14(19)3/h5-10,23H,4,11-12H2,1-3H3. The van der Waals surface area contributed by atoms with E-state index in [9.17, 15) is 14.7 Å². The quantitative estimate of drug-likeness (QED) is 0.515. The fourth-order valence-corrected chi connectivity index (χ4v) is 3.01. The van der Waals surface area contributed by atoms with Gasteiger partial charge in [0.1, 0.15) is 23.7 Å². The molecule has 0 bridgehead atoms. The summed E-state index contributed by atoms with van der Waals surface area (Å²) in [5, 5.41) is 10.6. The normalized spacial score (nSPS) is 10.8. The molecule has 0 fully saturated rings. The molecule has 28 heavy (non-hydrogen) atoms. The van der Waals surface area contributed by atoms with Crippen molar-refractivity contribution < 1.29 is 23.8 Å². The molecule has 0 atom stereocenters. The Morgan fingerprint density at radius 2 is 1.89 bits per heavy atom. The number of fused-ring (bicyclic) bond motifs is 1. The number of phenols is 1. The molecule has 2 aromatic carbocycles. The van der Waals surface area contributed by atoms with Gasteiger partial charge in [0.05, 0.1) is 0 Å². The Hall–Kier alpha value is -3.28. The molecule has 1 N–H and O–H groups in total. The molecule has 0 saturated heterocycles. The lowest BCUT2D eigenvalue weighted by Gasteiger charge is -2.11. The molecule has 3 aromatic rings. The zero-order valence-corrected chi connectivity index (χ0v) is 16.1. The molecule has 6 nitrogen and oxygen atoms in total. The van der Waals surface area contributed by atoms with Crippen molar-refractivity contribution in [1.29, 1.82) is 0 Å². The Morgan fingerprint density at radius 3 is 2.61 bits per heavy atom. The van der Waals surface area contributed by atoms with Crippen LogP contribution in [0.1, 0.15) is 29.2 Å². The van der Waals surface area contributed by atoms with E-state index in [0.29, 0.717) is 28.7 Å². The van der Waals surface area contributed by atoms with Gasteiger partial charge in [-0.1, -0.05) is 24.6 Å². The molecule has 0 radical (unpaired) electrons. The molecule has 0 spiro atoms. The van der Waals surface area contributed by atoms with Gasteiger partial charge in [-0.25, -0.2) is 9.59 Å². The number of carbonyl (C=O) groups is 1. The SMILES string of the molecule is CCc1cc2c(COC(=O)COc3ccc(C)cc3C)cc(=O)oc2cc1O. The lowest BCUT2D eigenvalue weighted by molar-refractivity contribution is -0.147. The summed E-state index contributed by atoms with van der Waals surface area (Å²) in [5.74, 6) is 0.140. The van der Waals surface area contributed by atoms with Crippen LogP contribution < -0.4 is 10.4 Å². The number of aryl methyl sites for hydroxylation is 3. The molecular formula is C22H22O6. The highest BCUT2D eigenvalue weighted by atomic mass is 16.6. The molecule has 146 valence electrons. The molecule has 0 aliphatic heterocycles. The summed E-state index contributed by atoms with van der Waals surface area (Å²) in [6.07, 6.45) is 0.615. The topological polar surface area (TPSA) is 86.0 Å². The molecule has 6 heteroatoms. The van der Waals surface area contributed by atoms with E-state index in [2.05, 4.69) is 0 Å². The van der Waals surface area contributed by atoms with Crippen molar-refractivity contribution in [2.75, 3.05) is 6.61 Å². The first-order valence-electron chi connectivity index (χ1n) is 9.01. The lowest BCUT2D eigenvalue weighted by atomic mass is 10.0. The van der Waals surface area contributed by atoms with E-state index in [0.717, 1.165) is 11.1 Å². The molecule has 0 amide bonds. The van der Waals surface area contributed by atoms with E-state index >= 15 is 0 Å². The molecule has 1 aromatic heterocycles. The van der Waals surface area contributed by atoms with Crippen molar-refractivity contribution in [3.05, 3.63) is 69.1 Å². The first kappa shape index (κ1) is 19.5. The number of carbonyl (C=O) groups excluding carboxylic acids is 1. The van der Waals surface area contributed by atoms with Gasteiger partial charge in [0.25, 0.3) is 0 Å². The summed E-state index contributed by atoms with van der Waals surface area (Å²) >= 11 is 0. The molecule has 0 unspecified atom stereocenters. The minimum Gasteiger partial charge on any atom is -0.508 e. The fraction of sp³-hybridized carbons (Fsp3) is 0.273. The number of benzene rings is 2.